The van der Waals surface area contributed by atoms with E-state index < -0.39 is 0 Å². The molecule has 0 fully saturated rings. The van der Waals surface area contributed by atoms with Crippen LogP contribution in [-0.4, -0.2) is 0 Å². The number of fused-ring (bicyclic) bond motifs is 1. The summed E-state index contributed by atoms with van der Waals surface area (Å²) >= 11 is 0. The summed E-state index contributed by atoms with van der Waals surface area (Å²) in [4.78, 5) is 0. The molecule has 0 amide bonds. The van der Waals surface area contributed by atoms with Crippen LogP contribution in [0.5, 0.6) is 0 Å². The van der Waals surface area contributed by atoms with Gasteiger partial charge in [-0.05, 0) is 29.5 Å². The van der Waals surface area contributed by atoms with E-state index in [9.17, 15) is 0 Å². The highest BCUT2D eigenvalue weighted by atomic mass is 14.2. The van der Waals surface area contributed by atoms with Crippen molar-refractivity contribution in [3.63, 3.8) is 0 Å². The Bertz CT molecular complexity index is 487. The highest BCUT2D eigenvalue weighted by Crippen LogP contribution is 2.30. The first-order valence-corrected chi connectivity index (χ1v) is 4.55. The Balaban J connectivity index is 2.40. The van der Waals surface area contributed by atoms with Gasteiger partial charge >= 0.3 is 0 Å². The Morgan fingerprint density at radius 3 is 3.00 bits per heavy atom. The molecular formula is C14H10. The minimum absolute atomic E-state index is 0.326. The van der Waals surface area contributed by atoms with E-state index >= 15 is 0 Å². The van der Waals surface area contributed by atoms with Gasteiger partial charge < -0.3 is 0 Å². The fraction of sp³-hybridized carbons (Fsp3) is 0.0714. The van der Waals surface area contributed by atoms with Gasteiger partial charge in [0.2, 0.25) is 0 Å². The zero-order chi connectivity index (χ0) is 9.80. The van der Waals surface area contributed by atoms with Crippen molar-refractivity contribution in [1.29, 1.82) is 0 Å². The molecule has 1 aromatic rings. The molecule has 1 aromatic carbocycles. The molecule has 0 aliphatic heterocycles. The van der Waals surface area contributed by atoms with Crippen LogP contribution in [-0.2, 0) is 0 Å². The van der Waals surface area contributed by atoms with Gasteiger partial charge in [0.15, 0.2) is 0 Å². The summed E-state index contributed by atoms with van der Waals surface area (Å²) in [5.41, 5.74) is 10.8. The van der Waals surface area contributed by atoms with Crippen molar-refractivity contribution in [3.05, 3.63) is 71.3 Å². The minimum Gasteiger partial charge on any atom is -0.0720 e. The largest absolute Gasteiger partial charge is 0.0720 e. The van der Waals surface area contributed by atoms with Crippen molar-refractivity contribution in [1.82, 2.24) is 0 Å². The van der Waals surface area contributed by atoms with E-state index in [-0.39, 0.29) is 0 Å². The number of hydrogen-bond donors (Lipinski definition) is 0. The van der Waals surface area contributed by atoms with Crippen LogP contribution in [0.15, 0.2) is 60.2 Å². The standard InChI is InChI=1S/C14H10/c1-2-3-4-7-12-10-11-13-8-5-6-9-14(12)13/h5-12H,1H2. The Morgan fingerprint density at radius 2 is 2.14 bits per heavy atom. The van der Waals surface area contributed by atoms with Crippen LogP contribution in [0.2, 0.25) is 0 Å². The van der Waals surface area contributed by atoms with Gasteiger partial charge in [-0.2, -0.15) is 0 Å². The molecule has 14 heavy (non-hydrogen) atoms. The van der Waals surface area contributed by atoms with Crippen LogP contribution in [0.3, 0.4) is 0 Å². The second-order valence-corrected chi connectivity index (χ2v) is 3.13. The summed E-state index contributed by atoms with van der Waals surface area (Å²) in [6, 6.07) is 8.36. The Hall–Kier alpha value is -1.96. The lowest BCUT2D eigenvalue weighted by Gasteiger charge is -2.02. The van der Waals surface area contributed by atoms with Crippen molar-refractivity contribution in [2.75, 3.05) is 0 Å². The minimum atomic E-state index is 0.326. The van der Waals surface area contributed by atoms with E-state index in [0.29, 0.717) is 5.92 Å². The smallest absolute Gasteiger partial charge is 0.0289 e. The highest BCUT2D eigenvalue weighted by Gasteiger charge is 2.12. The Labute approximate surface area is 83.9 Å². The van der Waals surface area contributed by atoms with Gasteiger partial charge in [0, 0.05) is 5.92 Å². The summed E-state index contributed by atoms with van der Waals surface area (Å²) in [6.07, 6.45) is 6.26. The lowest BCUT2D eigenvalue weighted by Crippen LogP contribution is -1.86. The van der Waals surface area contributed by atoms with E-state index in [1.165, 1.54) is 11.1 Å². The van der Waals surface area contributed by atoms with Gasteiger partial charge in [0.25, 0.3) is 0 Å². The SMILES string of the molecule is C=C=C=C=CC1C=Cc2ccccc21. The number of benzene rings is 1. The maximum Gasteiger partial charge on any atom is 0.0289 e. The third-order valence-corrected chi connectivity index (χ3v) is 2.26. The molecule has 0 spiro atoms. The molecule has 0 heterocycles. The first-order chi connectivity index (χ1) is 6.92. The fourth-order valence-corrected chi connectivity index (χ4v) is 1.61. The van der Waals surface area contributed by atoms with Gasteiger partial charge in [-0.15, -0.1) is 0 Å². The van der Waals surface area contributed by atoms with Crippen molar-refractivity contribution in [2.24, 2.45) is 0 Å². The molecule has 0 saturated heterocycles. The van der Waals surface area contributed by atoms with Crippen molar-refractivity contribution in [3.8, 4) is 0 Å². The molecule has 0 radical (unpaired) electrons. The predicted molar refractivity (Wildman–Crippen MR) is 59.0 cm³/mol. The molecule has 0 saturated carbocycles. The summed E-state index contributed by atoms with van der Waals surface area (Å²) < 4.78 is 0. The molecule has 0 nitrogen and oxygen atoms in total. The normalized spacial score (nSPS) is 16.4. The average molecular weight is 178 g/mol. The van der Waals surface area contributed by atoms with Crippen molar-refractivity contribution >= 4 is 6.08 Å². The molecule has 1 aliphatic rings. The van der Waals surface area contributed by atoms with Gasteiger partial charge in [-0.25, -0.2) is 0 Å². The van der Waals surface area contributed by atoms with Crippen LogP contribution in [0, 0.1) is 0 Å². The molecule has 2 rings (SSSR count). The van der Waals surface area contributed by atoms with Crippen LogP contribution in [0.25, 0.3) is 6.08 Å². The number of hydrogen-bond acceptors (Lipinski definition) is 0. The quantitative estimate of drug-likeness (QED) is 0.578. The van der Waals surface area contributed by atoms with Gasteiger partial charge in [0.05, 0.1) is 0 Å². The van der Waals surface area contributed by atoms with Crippen LogP contribution in [0.4, 0.5) is 0 Å². The summed E-state index contributed by atoms with van der Waals surface area (Å²) in [7, 11) is 0. The molecule has 1 atom stereocenters. The maximum atomic E-state index is 3.43. The molecular weight excluding hydrogens is 168 g/mol. The second kappa shape index (κ2) is 3.83. The average Bonchev–Trinajstić information content (AvgIpc) is 2.63. The molecule has 0 N–H and O–H groups in total. The first kappa shape index (κ1) is 8.63. The highest BCUT2D eigenvalue weighted by molar-refractivity contribution is 5.63. The zero-order valence-corrected chi connectivity index (χ0v) is 7.83. The van der Waals surface area contributed by atoms with Crippen LogP contribution in [0.1, 0.15) is 17.0 Å². The van der Waals surface area contributed by atoms with E-state index in [0.717, 1.165) is 0 Å². The molecule has 1 aliphatic carbocycles. The van der Waals surface area contributed by atoms with Gasteiger partial charge in [-0.1, -0.05) is 47.9 Å². The van der Waals surface area contributed by atoms with Crippen molar-refractivity contribution < 1.29 is 0 Å². The first-order valence-electron chi connectivity index (χ1n) is 4.55. The molecule has 0 aromatic heterocycles. The lowest BCUT2D eigenvalue weighted by atomic mass is 10.0. The molecule has 66 valence electrons. The van der Waals surface area contributed by atoms with E-state index in [1.807, 2.05) is 6.08 Å². The third-order valence-electron chi connectivity index (χ3n) is 2.26. The Morgan fingerprint density at radius 1 is 1.29 bits per heavy atom. The monoisotopic (exact) mass is 178 g/mol. The second-order valence-electron chi connectivity index (χ2n) is 3.13. The molecule has 0 heteroatoms. The topological polar surface area (TPSA) is 0 Å². The zero-order valence-electron chi connectivity index (χ0n) is 7.83. The van der Waals surface area contributed by atoms with Crippen molar-refractivity contribution in [2.45, 2.75) is 5.92 Å². The summed E-state index contributed by atoms with van der Waals surface area (Å²) in [5.74, 6) is 0.326. The molecule has 0 bridgehead atoms. The maximum absolute atomic E-state index is 3.43. The lowest BCUT2D eigenvalue weighted by molar-refractivity contribution is 1.11. The van der Waals surface area contributed by atoms with E-state index in [4.69, 9.17) is 0 Å². The van der Waals surface area contributed by atoms with Crippen LogP contribution >= 0.6 is 0 Å². The predicted octanol–water partition coefficient (Wildman–Crippen LogP) is 3.45. The number of allylic oxidation sites excluding steroid dienone is 2. The number of rotatable bonds is 1. The third kappa shape index (κ3) is 1.55. The Kier molecular flexibility index (Phi) is 2.36. The summed E-state index contributed by atoms with van der Waals surface area (Å²) in [6.45, 7) is 3.43. The fourth-order valence-electron chi connectivity index (χ4n) is 1.61. The summed E-state index contributed by atoms with van der Waals surface area (Å²) in [5, 5.41) is 0. The van der Waals surface area contributed by atoms with Crippen LogP contribution < -0.4 is 0 Å². The van der Waals surface area contributed by atoms with E-state index in [2.05, 4.69) is 60.2 Å². The van der Waals surface area contributed by atoms with E-state index in [1.54, 1.807) is 0 Å². The molecule has 1 unspecified atom stereocenters. The van der Waals surface area contributed by atoms with Gasteiger partial charge in [0.1, 0.15) is 0 Å². The van der Waals surface area contributed by atoms with Gasteiger partial charge in [-0.3, -0.25) is 0 Å².